The molecule has 132 valence electrons. The van der Waals surface area contributed by atoms with E-state index in [2.05, 4.69) is 15.6 Å². The molecule has 2 N–H and O–H groups in total. The van der Waals surface area contributed by atoms with E-state index in [1.807, 2.05) is 18.2 Å². The summed E-state index contributed by atoms with van der Waals surface area (Å²) in [4.78, 5) is 4.20. The Balaban J connectivity index is 1.54. The summed E-state index contributed by atoms with van der Waals surface area (Å²) in [5.41, 5.74) is 2.06. The lowest BCUT2D eigenvalue weighted by Gasteiger charge is -2.13. The van der Waals surface area contributed by atoms with Gasteiger partial charge in [0.05, 0.1) is 13.2 Å². The minimum Gasteiger partial charge on any atom is -0.490 e. The standard InChI is InChI=1S/C19H22FN3O2/c1-21-19(22-12-14-3-6-16(20)7-4-14)23-13-15-5-8-17-18(11-15)25-10-2-9-24-17/h3-8,11H,2,9-10,12-13H2,1H3,(H2,21,22,23). The summed E-state index contributed by atoms with van der Waals surface area (Å²) in [6.45, 7) is 2.54. The van der Waals surface area contributed by atoms with Crippen LogP contribution in [0.4, 0.5) is 4.39 Å². The van der Waals surface area contributed by atoms with Crippen LogP contribution in [-0.2, 0) is 13.1 Å². The highest BCUT2D eigenvalue weighted by Crippen LogP contribution is 2.30. The van der Waals surface area contributed by atoms with Crippen LogP contribution in [0.15, 0.2) is 47.5 Å². The van der Waals surface area contributed by atoms with Gasteiger partial charge in [0, 0.05) is 26.6 Å². The average molecular weight is 343 g/mol. The molecule has 1 aliphatic rings. The summed E-state index contributed by atoms with van der Waals surface area (Å²) in [5.74, 6) is 2.02. The summed E-state index contributed by atoms with van der Waals surface area (Å²) in [6.07, 6.45) is 0.891. The summed E-state index contributed by atoms with van der Waals surface area (Å²) < 4.78 is 24.3. The molecule has 2 aromatic rings. The van der Waals surface area contributed by atoms with Gasteiger partial charge in [0.2, 0.25) is 0 Å². The number of nitrogens with zero attached hydrogens (tertiary/aromatic N) is 1. The Hall–Kier alpha value is -2.76. The van der Waals surface area contributed by atoms with E-state index in [1.54, 1.807) is 19.2 Å². The quantitative estimate of drug-likeness (QED) is 0.662. The number of hydrogen-bond donors (Lipinski definition) is 2. The van der Waals surface area contributed by atoms with Gasteiger partial charge in [-0.05, 0) is 35.4 Å². The van der Waals surface area contributed by atoms with Crippen LogP contribution in [-0.4, -0.2) is 26.2 Å². The SMILES string of the molecule is CN=C(NCc1ccc(F)cc1)NCc1ccc2c(c1)OCCCO2. The molecule has 0 saturated carbocycles. The Bertz CT molecular complexity index is 732. The van der Waals surface area contributed by atoms with Crippen molar-refractivity contribution in [2.75, 3.05) is 20.3 Å². The van der Waals surface area contributed by atoms with Crippen molar-refractivity contribution in [3.8, 4) is 11.5 Å². The first-order valence-corrected chi connectivity index (χ1v) is 8.32. The van der Waals surface area contributed by atoms with Gasteiger partial charge in [-0.25, -0.2) is 4.39 Å². The van der Waals surface area contributed by atoms with Gasteiger partial charge in [-0.2, -0.15) is 0 Å². The molecule has 25 heavy (non-hydrogen) atoms. The van der Waals surface area contributed by atoms with Crippen LogP contribution >= 0.6 is 0 Å². The third kappa shape index (κ3) is 4.86. The van der Waals surface area contributed by atoms with E-state index in [4.69, 9.17) is 9.47 Å². The molecule has 0 spiro atoms. The first-order valence-electron chi connectivity index (χ1n) is 8.32. The molecule has 2 aromatic carbocycles. The van der Waals surface area contributed by atoms with Crippen molar-refractivity contribution < 1.29 is 13.9 Å². The maximum absolute atomic E-state index is 12.9. The smallest absolute Gasteiger partial charge is 0.191 e. The van der Waals surface area contributed by atoms with Crippen molar-refractivity contribution in [2.45, 2.75) is 19.5 Å². The molecule has 0 amide bonds. The van der Waals surface area contributed by atoms with Crippen molar-refractivity contribution in [3.05, 3.63) is 59.4 Å². The van der Waals surface area contributed by atoms with Gasteiger partial charge in [0.1, 0.15) is 5.82 Å². The minimum atomic E-state index is -0.235. The molecule has 0 radical (unpaired) electrons. The maximum atomic E-state index is 12.9. The molecular formula is C19H22FN3O2. The fourth-order valence-electron chi connectivity index (χ4n) is 2.51. The Morgan fingerprint density at radius 1 is 0.960 bits per heavy atom. The minimum absolute atomic E-state index is 0.235. The lowest BCUT2D eigenvalue weighted by atomic mass is 10.2. The van der Waals surface area contributed by atoms with Crippen molar-refractivity contribution >= 4 is 5.96 Å². The van der Waals surface area contributed by atoms with Gasteiger partial charge in [-0.1, -0.05) is 18.2 Å². The third-order valence-corrected chi connectivity index (χ3v) is 3.87. The zero-order valence-corrected chi connectivity index (χ0v) is 14.2. The van der Waals surface area contributed by atoms with Gasteiger partial charge in [0.25, 0.3) is 0 Å². The first-order chi connectivity index (χ1) is 12.2. The second-order valence-electron chi connectivity index (χ2n) is 5.74. The van der Waals surface area contributed by atoms with Crippen LogP contribution in [0.2, 0.25) is 0 Å². The van der Waals surface area contributed by atoms with E-state index in [1.165, 1.54) is 12.1 Å². The number of hydrogen-bond acceptors (Lipinski definition) is 3. The van der Waals surface area contributed by atoms with Gasteiger partial charge < -0.3 is 20.1 Å². The Kier molecular flexibility index (Phi) is 5.72. The number of guanidine groups is 1. The molecule has 0 aliphatic carbocycles. The molecule has 3 rings (SSSR count). The summed E-state index contributed by atoms with van der Waals surface area (Å²) >= 11 is 0. The molecule has 0 saturated heterocycles. The van der Waals surface area contributed by atoms with E-state index in [0.717, 1.165) is 29.0 Å². The van der Waals surface area contributed by atoms with Crippen LogP contribution in [0.5, 0.6) is 11.5 Å². The summed E-state index contributed by atoms with van der Waals surface area (Å²) in [7, 11) is 1.72. The van der Waals surface area contributed by atoms with Crippen molar-refractivity contribution in [1.29, 1.82) is 0 Å². The molecule has 6 heteroatoms. The number of halogens is 1. The topological polar surface area (TPSA) is 54.9 Å². The zero-order chi connectivity index (χ0) is 17.5. The average Bonchev–Trinajstić information content (AvgIpc) is 2.88. The fraction of sp³-hybridized carbons (Fsp3) is 0.316. The van der Waals surface area contributed by atoms with Crippen LogP contribution in [0.25, 0.3) is 0 Å². The van der Waals surface area contributed by atoms with E-state index in [-0.39, 0.29) is 5.82 Å². The number of ether oxygens (including phenoxy) is 2. The highest BCUT2D eigenvalue weighted by atomic mass is 19.1. The molecule has 0 aromatic heterocycles. The number of nitrogens with one attached hydrogen (secondary N) is 2. The van der Waals surface area contributed by atoms with Crippen molar-refractivity contribution in [3.63, 3.8) is 0 Å². The van der Waals surface area contributed by atoms with Gasteiger partial charge in [0.15, 0.2) is 17.5 Å². The summed E-state index contributed by atoms with van der Waals surface area (Å²) in [6, 6.07) is 12.3. The van der Waals surface area contributed by atoms with E-state index < -0.39 is 0 Å². The predicted molar refractivity (Wildman–Crippen MR) is 95.5 cm³/mol. The van der Waals surface area contributed by atoms with E-state index in [0.29, 0.717) is 32.3 Å². The largest absolute Gasteiger partial charge is 0.490 e. The van der Waals surface area contributed by atoms with E-state index >= 15 is 0 Å². The highest BCUT2D eigenvalue weighted by Gasteiger charge is 2.10. The van der Waals surface area contributed by atoms with Crippen molar-refractivity contribution in [1.82, 2.24) is 10.6 Å². The van der Waals surface area contributed by atoms with Crippen molar-refractivity contribution in [2.24, 2.45) is 4.99 Å². The molecule has 1 heterocycles. The third-order valence-electron chi connectivity index (χ3n) is 3.87. The predicted octanol–water partition coefficient (Wildman–Crippen LogP) is 2.85. The molecule has 0 atom stereocenters. The number of benzene rings is 2. The van der Waals surface area contributed by atoms with E-state index in [9.17, 15) is 4.39 Å². The van der Waals surface area contributed by atoms with Gasteiger partial charge in [-0.15, -0.1) is 0 Å². The molecule has 5 nitrogen and oxygen atoms in total. The number of fused-ring (bicyclic) bond motifs is 1. The molecule has 0 bridgehead atoms. The molecule has 0 fully saturated rings. The highest BCUT2D eigenvalue weighted by molar-refractivity contribution is 5.79. The lowest BCUT2D eigenvalue weighted by molar-refractivity contribution is 0.297. The zero-order valence-electron chi connectivity index (χ0n) is 14.2. The maximum Gasteiger partial charge on any atom is 0.191 e. The van der Waals surface area contributed by atoms with Crippen LogP contribution in [0, 0.1) is 5.82 Å². The second-order valence-corrected chi connectivity index (χ2v) is 5.74. The Morgan fingerprint density at radius 2 is 1.60 bits per heavy atom. The van der Waals surface area contributed by atoms with Crippen LogP contribution in [0.1, 0.15) is 17.5 Å². The van der Waals surface area contributed by atoms with Gasteiger partial charge in [-0.3, -0.25) is 4.99 Å². The Labute approximate surface area is 146 Å². The Morgan fingerprint density at radius 3 is 2.32 bits per heavy atom. The van der Waals surface area contributed by atoms with Gasteiger partial charge >= 0.3 is 0 Å². The number of aliphatic imine (C=N–C) groups is 1. The van der Waals surface area contributed by atoms with Crippen LogP contribution < -0.4 is 20.1 Å². The molecule has 0 unspecified atom stereocenters. The van der Waals surface area contributed by atoms with Crippen LogP contribution in [0.3, 0.4) is 0 Å². The lowest BCUT2D eigenvalue weighted by Crippen LogP contribution is -2.36. The summed E-state index contributed by atoms with van der Waals surface area (Å²) in [5, 5.41) is 6.47. The molecular weight excluding hydrogens is 321 g/mol. The normalized spacial score (nSPS) is 13.9. The first kappa shape index (κ1) is 17.1. The second kappa shape index (κ2) is 8.37. The molecule has 1 aliphatic heterocycles. The number of rotatable bonds is 4. The monoisotopic (exact) mass is 343 g/mol. The fourth-order valence-corrected chi connectivity index (χ4v) is 2.51.